The van der Waals surface area contributed by atoms with E-state index in [1.165, 1.54) is 0 Å². The highest BCUT2D eigenvalue weighted by Gasteiger charge is 2.33. The molecule has 1 aliphatic rings. The van der Waals surface area contributed by atoms with Crippen LogP contribution in [0.5, 0.6) is 5.75 Å². The quantitative estimate of drug-likeness (QED) is 0.711. The van der Waals surface area contributed by atoms with Gasteiger partial charge in [0.05, 0.1) is 18.8 Å². The fraction of sp³-hybridized carbons (Fsp3) is 0.250. The Labute approximate surface area is 152 Å². The normalized spacial score (nSPS) is 14.1. The Bertz CT molecular complexity index is 884. The second-order valence-corrected chi connectivity index (χ2v) is 6.27. The molecule has 6 nitrogen and oxygen atoms in total. The van der Waals surface area contributed by atoms with E-state index in [1.54, 1.807) is 0 Å². The van der Waals surface area contributed by atoms with Gasteiger partial charge in [0.15, 0.2) is 0 Å². The number of hydrogen-bond acceptors (Lipinski definition) is 4. The van der Waals surface area contributed by atoms with Crippen LogP contribution in [0.15, 0.2) is 60.8 Å². The molecule has 26 heavy (non-hydrogen) atoms. The Morgan fingerprint density at radius 3 is 2.54 bits per heavy atom. The lowest BCUT2D eigenvalue weighted by Crippen LogP contribution is -2.50. The van der Waals surface area contributed by atoms with E-state index < -0.39 is 0 Å². The fourth-order valence-corrected chi connectivity index (χ4v) is 3.03. The Hall–Kier alpha value is -3.15. The summed E-state index contributed by atoms with van der Waals surface area (Å²) >= 11 is 0. The number of benzene rings is 2. The van der Waals surface area contributed by atoms with Gasteiger partial charge in [0.1, 0.15) is 11.4 Å². The minimum Gasteiger partial charge on any atom is -0.494 e. The predicted octanol–water partition coefficient (Wildman–Crippen LogP) is 3.04. The summed E-state index contributed by atoms with van der Waals surface area (Å²) < 4.78 is 7.26. The molecule has 4 rings (SSSR count). The topological polar surface area (TPSA) is 60.2 Å². The zero-order chi connectivity index (χ0) is 17.9. The van der Waals surface area contributed by atoms with Gasteiger partial charge in [-0.15, -0.1) is 5.10 Å². The number of rotatable bonds is 5. The Kier molecular flexibility index (Phi) is 4.39. The molecule has 3 aromatic rings. The molecule has 0 radical (unpaired) electrons. The number of ether oxygens (including phenoxy) is 1. The largest absolute Gasteiger partial charge is 0.494 e. The van der Waals surface area contributed by atoms with Crippen molar-refractivity contribution in [3.05, 3.63) is 66.4 Å². The lowest BCUT2D eigenvalue weighted by molar-refractivity contribution is 0.0498. The maximum atomic E-state index is 12.5. The SMILES string of the molecule is CCOc1ccc(C(=O)N2CC(n3cc(-c4ccccc4)nn3)C2)cc1. The summed E-state index contributed by atoms with van der Waals surface area (Å²) in [4.78, 5) is 14.4. The molecule has 1 amide bonds. The van der Waals surface area contributed by atoms with Gasteiger partial charge in [-0.1, -0.05) is 35.5 Å². The van der Waals surface area contributed by atoms with Crippen molar-refractivity contribution in [3.63, 3.8) is 0 Å². The molecular formula is C20H20N4O2. The van der Waals surface area contributed by atoms with Crippen molar-refractivity contribution >= 4 is 5.91 Å². The monoisotopic (exact) mass is 348 g/mol. The maximum Gasteiger partial charge on any atom is 0.254 e. The minimum atomic E-state index is 0.0349. The second-order valence-electron chi connectivity index (χ2n) is 6.27. The third-order valence-electron chi connectivity index (χ3n) is 4.52. The molecule has 1 aliphatic heterocycles. The number of nitrogens with zero attached hydrogens (tertiary/aromatic N) is 4. The summed E-state index contributed by atoms with van der Waals surface area (Å²) in [6.07, 6.45) is 1.94. The highest BCUT2D eigenvalue weighted by Crippen LogP contribution is 2.25. The molecule has 1 saturated heterocycles. The molecule has 0 atom stereocenters. The molecule has 132 valence electrons. The summed E-state index contributed by atoms with van der Waals surface area (Å²) in [5.41, 5.74) is 2.57. The molecule has 0 spiro atoms. The van der Waals surface area contributed by atoms with Crippen molar-refractivity contribution in [2.45, 2.75) is 13.0 Å². The zero-order valence-electron chi connectivity index (χ0n) is 14.6. The average Bonchev–Trinajstić information content (AvgIpc) is 3.12. The van der Waals surface area contributed by atoms with Gasteiger partial charge in [0.25, 0.3) is 5.91 Å². The predicted molar refractivity (Wildman–Crippen MR) is 98.0 cm³/mol. The zero-order valence-corrected chi connectivity index (χ0v) is 14.6. The van der Waals surface area contributed by atoms with Crippen LogP contribution in [-0.2, 0) is 0 Å². The first kappa shape index (κ1) is 16.3. The maximum absolute atomic E-state index is 12.5. The first-order chi connectivity index (χ1) is 12.7. The summed E-state index contributed by atoms with van der Waals surface area (Å²) in [5, 5.41) is 8.47. The highest BCUT2D eigenvalue weighted by atomic mass is 16.5. The Morgan fingerprint density at radius 2 is 1.85 bits per heavy atom. The van der Waals surface area contributed by atoms with Crippen LogP contribution in [0.3, 0.4) is 0 Å². The van der Waals surface area contributed by atoms with Crippen LogP contribution in [0.1, 0.15) is 23.3 Å². The fourth-order valence-electron chi connectivity index (χ4n) is 3.03. The number of hydrogen-bond donors (Lipinski definition) is 0. The summed E-state index contributed by atoms with van der Waals surface area (Å²) in [7, 11) is 0. The van der Waals surface area contributed by atoms with E-state index in [4.69, 9.17) is 4.74 Å². The van der Waals surface area contributed by atoms with E-state index in [0.29, 0.717) is 25.3 Å². The van der Waals surface area contributed by atoms with E-state index >= 15 is 0 Å². The summed E-state index contributed by atoms with van der Waals surface area (Å²) in [6, 6.07) is 17.4. The van der Waals surface area contributed by atoms with Gasteiger partial charge < -0.3 is 9.64 Å². The van der Waals surface area contributed by atoms with E-state index in [1.807, 2.05) is 77.3 Å². The molecule has 2 heterocycles. The molecular weight excluding hydrogens is 328 g/mol. The van der Waals surface area contributed by atoms with E-state index in [0.717, 1.165) is 17.0 Å². The molecule has 2 aromatic carbocycles. The third kappa shape index (κ3) is 3.18. The number of carbonyl (C=O) groups is 1. The number of likely N-dealkylation sites (tertiary alicyclic amines) is 1. The molecule has 0 saturated carbocycles. The van der Waals surface area contributed by atoms with Crippen molar-refractivity contribution < 1.29 is 9.53 Å². The number of carbonyl (C=O) groups excluding carboxylic acids is 1. The van der Waals surface area contributed by atoms with Gasteiger partial charge in [-0.2, -0.15) is 0 Å². The van der Waals surface area contributed by atoms with Gasteiger partial charge in [-0.05, 0) is 31.2 Å². The second kappa shape index (κ2) is 7.00. The summed E-state index contributed by atoms with van der Waals surface area (Å²) in [6.45, 7) is 3.84. The van der Waals surface area contributed by atoms with Crippen molar-refractivity contribution in [2.24, 2.45) is 0 Å². The molecule has 6 heteroatoms. The van der Waals surface area contributed by atoms with E-state index in [2.05, 4.69) is 10.3 Å². The van der Waals surface area contributed by atoms with Crippen molar-refractivity contribution in [3.8, 4) is 17.0 Å². The van der Waals surface area contributed by atoms with E-state index in [9.17, 15) is 4.79 Å². The molecule has 1 aromatic heterocycles. The molecule has 0 bridgehead atoms. The van der Waals surface area contributed by atoms with Crippen LogP contribution >= 0.6 is 0 Å². The lowest BCUT2D eigenvalue weighted by Gasteiger charge is -2.38. The van der Waals surface area contributed by atoms with Crippen LogP contribution in [-0.4, -0.2) is 45.5 Å². The molecule has 0 unspecified atom stereocenters. The molecule has 0 aliphatic carbocycles. The van der Waals surface area contributed by atoms with E-state index in [-0.39, 0.29) is 11.9 Å². The highest BCUT2D eigenvalue weighted by molar-refractivity contribution is 5.94. The van der Waals surface area contributed by atoms with Gasteiger partial charge in [-0.25, -0.2) is 4.68 Å². The van der Waals surface area contributed by atoms with Crippen LogP contribution in [0.25, 0.3) is 11.3 Å². The minimum absolute atomic E-state index is 0.0349. The third-order valence-corrected chi connectivity index (χ3v) is 4.52. The Balaban J connectivity index is 1.38. The first-order valence-corrected chi connectivity index (χ1v) is 8.74. The Morgan fingerprint density at radius 1 is 1.12 bits per heavy atom. The smallest absolute Gasteiger partial charge is 0.254 e. The lowest BCUT2D eigenvalue weighted by atomic mass is 10.1. The number of aromatic nitrogens is 3. The average molecular weight is 348 g/mol. The van der Waals surface area contributed by atoms with Crippen LogP contribution in [0.4, 0.5) is 0 Å². The van der Waals surface area contributed by atoms with Crippen molar-refractivity contribution in [2.75, 3.05) is 19.7 Å². The first-order valence-electron chi connectivity index (χ1n) is 8.74. The van der Waals surface area contributed by atoms with Gasteiger partial charge in [0.2, 0.25) is 0 Å². The van der Waals surface area contributed by atoms with Gasteiger partial charge in [0, 0.05) is 24.2 Å². The van der Waals surface area contributed by atoms with Gasteiger partial charge in [-0.3, -0.25) is 4.79 Å². The molecule has 1 fully saturated rings. The van der Waals surface area contributed by atoms with Crippen molar-refractivity contribution in [1.29, 1.82) is 0 Å². The number of amides is 1. The van der Waals surface area contributed by atoms with Crippen LogP contribution in [0.2, 0.25) is 0 Å². The summed E-state index contributed by atoms with van der Waals surface area (Å²) in [5.74, 6) is 0.814. The molecule has 0 N–H and O–H groups in total. The van der Waals surface area contributed by atoms with Gasteiger partial charge >= 0.3 is 0 Å². The standard InChI is InChI=1S/C20H20N4O2/c1-2-26-18-10-8-16(9-11-18)20(25)23-12-17(13-23)24-14-19(21-22-24)15-6-4-3-5-7-15/h3-11,14,17H,2,12-13H2,1H3. The van der Waals surface area contributed by atoms with Crippen molar-refractivity contribution in [1.82, 2.24) is 19.9 Å². The van der Waals surface area contributed by atoms with Crippen LogP contribution < -0.4 is 4.74 Å². The van der Waals surface area contributed by atoms with Crippen LogP contribution in [0, 0.1) is 0 Å².